The van der Waals surface area contributed by atoms with Crippen molar-refractivity contribution in [3.8, 4) is 11.4 Å². The lowest BCUT2D eigenvalue weighted by atomic mass is 10.3. The third-order valence-electron chi connectivity index (χ3n) is 4.03. The molecule has 0 fully saturated rings. The number of carbonyl (C=O) groups excluding carboxylic acids is 2. The van der Waals surface area contributed by atoms with Gasteiger partial charge in [0.15, 0.2) is 0 Å². The van der Waals surface area contributed by atoms with Crippen LogP contribution in [0.2, 0.25) is 0 Å². The van der Waals surface area contributed by atoms with Crippen LogP contribution in [0.25, 0.3) is 15.9 Å². The first kappa shape index (κ1) is 19.4. The molecule has 0 unspecified atom stereocenters. The van der Waals surface area contributed by atoms with Crippen molar-refractivity contribution < 1.29 is 19.1 Å². The third kappa shape index (κ3) is 3.67. The minimum Gasteiger partial charge on any atom is -0.497 e. The van der Waals surface area contributed by atoms with Crippen LogP contribution in [0.4, 0.5) is 0 Å². The molecule has 9 nitrogen and oxygen atoms in total. The molecule has 0 atom stereocenters. The smallest absolute Gasteiger partial charge is 0.336 e. The highest BCUT2D eigenvalue weighted by molar-refractivity contribution is 7.17. The van der Waals surface area contributed by atoms with Crippen molar-refractivity contribution in [1.29, 1.82) is 0 Å². The summed E-state index contributed by atoms with van der Waals surface area (Å²) in [5.74, 6) is -0.684. The van der Waals surface area contributed by atoms with Crippen molar-refractivity contribution in [3.63, 3.8) is 0 Å². The van der Waals surface area contributed by atoms with Gasteiger partial charge in [0.25, 0.3) is 5.56 Å². The van der Waals surface area contributed by atoms with Crippen LogP contribution in [0.15, 0.2) is 45.3 Å². The van der Waals surface area contributed by atoms with Gasteiger partial charge in [0.1, 0.15) is 23.5 Å². The molecule has 0 radical (unpaired) electrons. The second kappa shape index (κ2) is 8.09. The average molecular weight is 403 g/mol. The van der Waals surface area contributed by atoms with Crippen molar-refractivity contribution in [2.75, 3.05) is 20.8 Å². The van der Waals surface area contributed by atoms with E-state index < -0.39 is 23.1 Å². The quantitative estimate of drug-likeness (QED) is 0.601. The molecule has 2 heterocycles. The normalized spacial score (nSPS) is 10.6. The first-order chi connectivity index (χ1) is 13.5. The number of methoxy groups -OCH3 is 2. The fraction of sp³-hybridized carbons (Fsp3) is 0.222. The Morgan fingerprint density at radius 3 is 2.68 bits per heavy atom. The Hall–Kier alpha value is -3.40. The van der Waals surface area contributed by atoms with E-state index in [2.05, 4.69) is 10.1 Å². The Labute approximate surface area is 162 Å². The third-order valence-corrected chi connectivity index (χ3v) is 4.92. The number of aromatic nitrogens is 2. The molecule has 1 N–H and O–H groups in total. The van der Waals surface area contributed by atoms with Gasteiger partial charge in [-0.2, -0.15) is 0 Å². The Balaban J connectivity index is 2.09. The van der Waals surface area contributed by atoms with E-state index in [0.29, 0.717) is 21.7 Å². The van der Waals surface area contributed by atoms with E-state index in [4.69, 9.17) is 4.74 Å². The van der Waals surface area contributed by atoms with Gasteiger partial charge in [0.2, 0.25) is 5.91 Å². The number of amides is 1. The number of hydrogen-bond donors (Lipinski definition) is 1. The van der Waals surface area contributed by atoms with Crippen molar-refractivity contribution in [3.05, 3.63) is 56.5 Å². The second-order valence-electron chi connectivity index (χ2n) is 5.70. The molecular weight excluding hydrogens is 386 g/mol. The summed E-state index contributed by atoms with van der Waals surface area (Å²) in [4.78, 5) is 49.3. The van der Waals surface area contributed by atoms with E-state index in [-0.39, 0.29) is 13.1 Å². The minimum atomic E-state index is -0.669. The molecule has 0 saturated carbocycles. The molecule has 0 spiro atoms. The fourth-order valence-corrected chi connectivity index (χ4v) is 3.48. The largest absolute Gasteiger partial charge is 0.497 e. The molecule has 0 saturated heterocycles. The summed E-state index contributed by atoms with van der Waals surface area (Å²) in [5, 5.41) is 4.05. The van der Waals surface area contributed by atoms with E-state index in [1.165, 1.54) is 30.1 Å². The van der Waals surface area contributed by atoms with Crippen LogP contribution in [-0.2, 0) is 20.9 Å². The second-order valence-corrected chi connectivity index (χ2v) is 6.61. The summed E-state index contributed by atoms with van der Waals surface area (Å²) in [6.45, 7) is -0.667. The van der Waals surface area contributed by atoms with Crippen LogP contribution in [0.1, 0.15) is 0 Å². The Morgan fingerprint density at radius 2 is 1.96 bits per heavy atom. The predicted octanol–water partition coefficient (Wildman–Crippen LogP) is 0.512. The number of hydrogen-bond acceptors (Lipinski definition) is 7. The molecule has 28 heavy (non-hydrogen) atoms. The number of nitrogens with one attached hydrogen (secondary N) is 1. The van der Waals surface area contributed by atoms with Gasteiger partial charge in [-0.3, -0.25) is 19.0 Å². The Morgan fingerprint density at radius 1 is 1.18 bits per heavy atom. The molecule has 3 rings (SSSR count). The zero-order valence-electron chi connectivity index (χ0n) is 15.1. The summed E-state index contributed by atoms with van der Waals surface area (Å²) in [5.41, 5.74) is -0.465. The van der Waals surface area contributed by atoms with Crippen molar-refractivity contribution in [2.45, 2.75) is 6.54 Å². The highest BCUT2D eigenvalue weighted by Crippen LogP contribution is 2.18. The summed E-state index contributed by atoms with van der Waals surface area (Å²) in [6.07, 6.45) is 0. The first-order valence-electron chi connectivity index (χ1n) is 8.17. The summed E-state index contributed by atoms with van der Waals surface area (Å²) in [7, 11) is 2.69. The van der Waals surface area contributed by atoms with Gasteiger partial charge in [-0.1, -0.05) is 6.07 Å². The lowest BCUT2D eigenvalue weighted by molar-refractivity contribution is -0.141. The van der Waals surface area contributed by atoms with E-state index in [0.717, 1.165) is 4.57 Å². The van der Waals surface area contributed by atoms with Crippen LogP contribution in [0.5, 0.6) is 5.75 Å². The molecule has 0 aliphatic rings. The number of carbonyl (C=O) groups is 2. The molecule has 3 aromatic rings. The summed E-state index contributed by atoms with van der Waals surface area (Å²) >= 11 is 1.17. The molecule has 1 amide bonds. The summed E-state index contributed by atoms with van der Waals surface area (Å²) in [6, 6.07) is 8.12. The topological polar surface area (TPSA) is 109 Å². The van der Waals surface area contributed by atoms with Gasteiger partial charge in [0.05, 0.1) is 25.4 Å². The van der Waals surface area contributed by atoms with E-state index >= 15 is 0 Å². The number of rotatable bonds is 6. The zero-order chi connectivity index (χ0) is 20.3. The SMILES string of the molecule is COC(=O)CNC(=O)Cn1c(=O)n(-c2cccc(OC)c2)c(=O)c2sccc21. The van der Waals surface area contributed by atoms with E-state index in [9.17, 15) is 19.2 Å². The van der Waals surface area contributed by atoms with Gasteiger partial charge in [0, 0.05) is 6.07 Å². The number of esters is 1. The monoisotopic (exact) mass is 403 g/mol. The van der Waals surface area contributed by atoms with Crippen LogP contribution in [-0.4, -0.2) is 41.8 Å². The highest BCUT2D eigenvalue weighted by atomic mass is 32.1. The first-order valence-corrected chi connectivity index (χ1v) is 9.05. The number of benzene rings is 1. The highest BCUT2D eigenvalue weighted by Gasteiger charge is 2.18. The minimum absolute atomic E-state index is 0.313. The van der Waals surface area contributed by atoms with Crippen molar-refractivity contribution in [2.24, 2.45) is 0 Å². The molecule has 0 bridgehead atoms. The molecule has 146 valence electrons. The van der Waals surface area contributed by atoms with Crippen LogP contribution < -0.4 is 21.3 Å². The molecule has 10 heteroatoms. The van der Waals surface area contributed by atoms with Crippen molar-refractivity contribution in [1.82, 2.24) is 14.5 Å². The van der Waals surface area contributed by atoms with Gasteiger partial charge in [-0.25, -0.2) is 9.36 Å². The maximum atomic E-state index is 13.0. The fourth-order valence-electron chi connectivity index (χ4n) is 2.66. The molecule has 0 aliphatic heterocycles. The van der Waals surface area contributed by atoms with E-state index in [1.54, 1.807) is 35.7 Å². The molecular formula is C18H17N3O6S. The van der Waals surface area contributed by atoms with Gasteiger partial charge in [-0.15, -0.1) is 11.3 Å². The van der Waals surface area contributed by atoms with Crippen LogP contribution >= 0.6 is 11.3 Å². The Bertz CT molecular complexity index is 1160. The molecule has 0 aliphatic carbocycles. The number of ether oxygens (including phenoxy) is 2. The van der Waals surface area contributed by atoms with Gasteiger partial charge >= 0.3 is 11.7 Å². The molecule has 1 aromatic carbocycles. The number of nitrogens with zero attached hydrogens (tertiary/aromatic N) is 2. The van der Waals surface area contributed by atoms with Gasteiger partial charge < -0.3 is 14.8 Å². The van der Waals surface area contributed by atoms with Crippen molar-refractivity contribution >= 4 is 33.4 Å². The predicted molar refractivity (Wildman–Crippen MR) is 103 cm³/mol. The summed E-state index contributed by atoms with van der Waals surface area (Å²) < 4.78 is 12.2. The lowest BCUT2D eigenvalue weighted by Crippen LogP contribution is -2.42. The van der Waals surface area contributed by atoms with Gasteiger partial charge in [-0.05, 0) is 23.6 Å². The maximum absolute atomic E-state index is 13.0. The Kier molecular flexibility index (Phi) is 5.59. The lowest BCUT2D eigenvalue weighted by Gasteiger charge is -2.12. The number of thiophene rings is 1. The van der Waals surface area contributed by atoms with Crippen LogP contribution in [0.3, 0.4) is 0 Å². The number of fused-ring (bicyclic) bond motifs is 1. The van der Waals surface area contributed by atoms with Crippen LogP contribution in [0, 0.1) is 0 Å². The zero-order valence-corrected chi connectivity index (χ0v) is 15.9. The average Bonchev–Trinajstić information content (AvgIpc) is 3.19. The standard InChI is InChI=1S/C18H17N3O6S/c1-26-12-5-3-4-11(8-12)21-17(24)16-13(6-7-28-16)20(18(21)25)10-14(22)19-9-15(23)27-2/h3-8H,9-10H2,1-2H3,(H,19,22). The molecule has 2 aromatic heterocycles. The maximum Gasteiger partial charge on any atom is 0.336 e. The van der Waals surface area contributed by atoms with E-state index in [1.807, 2.05) is 0 Å².